The summed E-state index contributed by atoms with van der Waals surface area (Å²) in [5.41, 5.74) is 1.02. The molecular formula is C14H13N3O3. The monoisotopic (exact) mass is 271 g/mol. The number of pyridine rings is 2. The summed E-state index contributed by atoms with van der Waals surface area (Å²) in [4.78, 5) is 30.5. The van der Waals surface area contributed by atoms with Gasteiger partial charge in [0.25, 0.3) is 5.91 Å². The first-order valence-corrected chi connectivity index (χ1v) is 5.98. The quantitative estimate of drug-likeness (QED) is 0.882. The summed E-state index contributed by atoms with van der Waals surface area (Å²) in [6, 6.07) is 6.13. The minimum atomic E-state index is -1.16. The van der Waals surface area contributed by atoms with Gasteiger partial charge in [-0.05, 0) is 36.8 Å². The van der Waals surface area contributed by atoms with Gasteiger partial charge in [-0.25, -0.2) is 9.78 Å². The van der Waals surface area contributed by atoms with E-state index in [0.717, 1.165) is 5.56 Å². The maximum absolute atomic E-state index is 12.1. The highest BCUT2D eigenvalue weighted by atomic mass is 16.4. The first kappa shape index (κ1) is 13.7. The Morgan fingerprint density at radius 3 is 2.55 bits per heavy atom. The Morgan fingerprint density at radius 1 is 1.20 bits per heavy atom. The fourth-order valence-corrected chi connectivity index (χ4v) is 1.70. The SMILES string of the molecule is CC(NC(=O)c1ccnc(C(=O)O)c1)c1ccncc1. The van der Waals surface area contributed by atoms with Crippen LogP contribution < -0.4 is 5.32 Å². The van der Waals surface area contributed by atoms with Gasteiger partial charge in [0.1, 0.15) is 5.69 Å². The van der Waals surface area contributed by atoms with Crippen molar-refractivity contribution < 1.29 is 14.7 Å². The van der Waals surface area contributed by atoms with E-state index in [1.165, 1.54) is 18.3 Å². The molecule has 2 heterocycles. The van der Waals surface area contributed by atoms with E-state index in [4.69, 9.17) is 5.11 Å². The lowest BCUT2D eigenvalue weighted by Crippen LogP contribution is -2.27. The molecule has 2 aromatic heterocycles. The maximum Gasteiger partial charge on any atom is 0.354 e. The fourth-order valence-electron chi connectivity index (χ4n) is 1.70. The van der Waals surface area contributed by atoms with E-state index in [2.05, 4.69) is 15.3 Å². The summed E-state index contributed by atoms with van der Waals surface area (Å²) in [5.74, 6) is -1.51. The van der Waals surface area contributed by atoms with Gasteiger partial charge in [-0.3, -0.25) is 9.78 Å². The molecule has 1 amide bonds. The normalized spacial score (nSPS) is 11.7. The standard InChI is InChI=1S/C14H13N3O3/c1-9(10-2-5-15-6-3-10)17-13(18)11-4-7-16-12(8-11)14(19)20/h2-9H,1H3,(H,17,18)(H,19,20). The summed E-state index contributed by atoms with van der Waals surface area (Å²) in [6.07, 6.45) is 4.59. The van der Waals surface area contributed by atoms with Gasteiger partial charge in [0.15, 0.2) is 0 Å². The lowest BCUT2D eigenvalue weighted by molar-refractivity contribution is 0.0690. The van der Waals surface area contributed by atoms with E-state index in [1.807, 2.05) is 6.92 Å². The Kier molecular flexibility index (Phi) is 4.05. The smallest absolute Gasteiger partial charge is 0.354 e. The Labute approximate surface area is 115 Å². The molecular weight excluding hydrogens is 258 g/mol. The number of hydrogen-bond donors (Lipinski definition) is 2. The van der Waals surface area contributed by atoms with Crippen molar-refractivity contribution in [2.45, 2.75) is 13.0 Å². The fraction of sp³-hybridized carbons (Fsp3) is 0.143. The molecule has 2 N–H and O–H groups in total. The van der Waals surface area contributed by atoms with Gasteiger partial charge in [-0.1, -0.05) is 0 Å². The van der Waals surface area contributed by atoms with Crippen LogP contribution in [0, 0.1) is 0 Å². The van der Waals surface area contributed by atoms with Gasteiger partial charge in [0.05, 0.1) is 6.04 Å². The number of carboxylic acids is 1. The third-order valence-corrected chi connectivity index (χ3v) is 2.79. The summed E-state index contributed by atoms with van der Waals surface area (Å²) in [7, 11) is 0. The zero-order chi connectivity index (χ0) is 14.5. The highest BCUT2D eigenvalue weighted by Crippen LogP contribution is 2.11. The van der Waals surface area contributed by atoms with Crippen LogP contribution >= 0.6 is 0 Å². The Morgan fingerprint density at radius 2 is 1.90 bits per heavy atom. The number of carbonyl (C=O) groups is 2. The number of rotatable bonds is 4. The Hall–Kier alpha value is -2.76. The third kappa shape index (κ3) is 3.17. The van der Waals surface area contributed by atoms with Crippen LogP contribution in [0.3, 0.4) is 0 Å². The highest BCUT2D eigenvalue weighted by molar-refractivity contribution is 5.96. The molecule has 0 fully saturated rings. The number of carbonyl (C=O) groups excluding carboxylic acids is 1. The lowest BCUT2D eigenvalue weighted by atomic mass is 10.1. The third-order valence-electron chi connectivity index (χ3n) is 2.79. The van der Waals surface area contributed by atoms with Crippen LogP contribution in [-0.4, -0.2) is 27.0 Å². The topological polar surface area (TPSA) is 92.2 Å². The summed E-state index contributed by atoms with van der Waals surface area (Å²) < 4.78 is 0. The molecule has 6 heteroatoms. The van der Waals surface area contributed by atoms with Crippen molar-refractivity contribution >= 4 is 11.9 Å². The predicted octanol–water partition coefficient (Wildman–Crippen LogP) is 1.67. The number of aromatic carboxylic acids is 1. The molecule has 0 saturated carbocycles. The lowest BCUT2D eigenvalue weighted by Gasteiger charge is -2.14. The van der Waals surface area contributed by atoms with Crippen molar-refractivity contribution in [3.05, 3.63) is 59.7 Å². The number of carboxylic acid groups (broad SMARTS) is 1. The number of aromatic nitrogens is 2. The molecule has 6 nitrogen and oxygen atoms in total. The van der Waals surface area contributed by atoms with E-state index < -0.39 is 5.97 Å². The number of nitrogens with zero attached hydrogens (tertiary/aromatic N) is 2. The first-order chi connectivity index (χ1) is 9.58. The van der Waals surface area contributed by atoms with Crippen LogP contribution in [0.2, 0.25) is 0 Å². The van der Waals surface area contributed by atoms with E-state index in [9.17, 15) is 9.59 Å². The largest absolute Gasteiger partial charge is 0.477 e. The molecule has 0 aliphatic rings. The average molecular weight is 271 g/mol. The zero-order valence-electron chi connectivity index (χ0n) is 10.8. The molecule has 0 aliphatic heterocycles. The van der Waals surface area contributed by atoms with Crippen molar-refractivity contribution in [3.63, 3.8) is 0 Å². The van der Waals surface area contributed by atoms with Crippen molar-refractivity contribution in [3.8, 4) is 0 Å². The number of hydrogen-bond acceptors (Lipinski definition) is 4. The number of amides is 1. The first-order valence-electron chi connectivity index (χ1n) is 5.98. The van der Waals surface area contributed by atoms with Gasteiger partial charge < -0.3 is 10.4 Å². The van der Waals surface area contributed by atoms with Gasteiger partial charge >= 0.3 is 5.97 Å². The number of nitrogens with one attached hydrogen (secondary N) is 1. The van der Waals surface area contributed by atoms with Crippen LogP contribution in [-0.2, 0) is 0 Å². The molecule has 2 aromatic rings. The zero-order valence-corrected chi connectivity index (χ0v) is 10.8. The molecule has 1 atom stereocenters. The Balaban J connectivity index is 2.12. The molecule has 0 radical (unpaired) electrons. The second-order valence-corrected chi connectivity index (χ2v) is 4.21. The van der Waals surface area contributed by atoms with E-state index in [1.54, 1.807) is 24.5 Å². The van der Waals surface area contributed by atoms with Crippen molar-refractivity contribution in [1.29, 1.82) is 0 Å². The molecule has 0 bridgehead atoms. The van der Waals surface area contributed by atoms with Gasteiger partial charge in [0.2, 0.25) is 0 Å². The Bertz CT molecular complexity index is 629. The van der Waals surface area contributed by atoms with Crippen LogP contribution in [0.4, 0.5) is 0 Å². The average Bonchev–Trinajstić information content (AvgIpc) is 2.48. The molecule has 0 saturated heterocycles. The van der Waals surface area contributed by atoms with Crippen molar-refractivity contribution in [2.75, 3.05) is 0 Å². The molecule has 20 heavy (non-hydrogen) atoms. The van der Waals surface area contributed by atoms with Crippen LogP contribution in [0.15, 0.2) is 42.9 Å². The highest BCUT2D eigenvalue weighted by Gasteiger charge is 2.13. The molecule has 102 valence electrons. The maximum atomic E-state index is 12.1. The van der Waals surface area contributed by atoms with Gasteiger partial charge in [-0.15, -0.1) is 0 Å². The van der Waals surface area contributed by atoms with E-state index >= 15 is 0 Å². The van der Waals surface area contributed by atoms with E-state index in [-0.39, 0.29) is 23.2 Å². The van der Waals surface area contributed by atoms with Crippen LogP contribution in [0.1, 0.15) is 39.4 Å². The van der Waals surface area contributed by atoms with Crippen LogP contribution in [0.5, 0.6) is 0 Å². The molecule has 2 rings (SSSR count). The second kappa shape index (κ2) is 5.92. The summed E-state index contributed by atoms with van der Waals surface area (Å²) >= 11 is 0. The second-order valence-electron chi connectivity index (χ2n) is 4.21. The summed E-state index contributed by atoms with van der Waals surface area (Å²) in [5, 5.41) is 11.6. The van der Waals surface area contributed by atoms with Crippen molar-refractivity contribution in [2.24, 2.45) is 0 Å². The molecule has 0 aromatic carbocycles. The molecule has 0 spiro atoms. The van der Waals surface area contributed by atoms with Crippen LogP contribution in [0.25, 0.3) is 0 Å². The van der Waals surface area contributed by atoms with E-state index in [0.29, 0.717) is 0 Å². The predicted molar refractivity (Wildman–Crippen MR) is 71.3 cm³/mol. The van der Waals surface area contributed by atoms with Crippen molar-refractivity contribution in [1.82, 2.24) is 15.3 Å². The van der Waals surface area contributed by atoms with Gasteiger partial charge in [0, 0.05) is 24.2 Å². The molecule has 1 unspecified atom stereocenters. The minimum Gasteiger partial charge on any atom is -0.477 e. The van der Waals surface area contributed by atoms with Gasteiger partial charge in [-0.2, -0.15) is 0 Å². The summed E-state index contributed by atoms with van der Waals surface area (Å²) in [6.45, 7) is 1.84. The molecule has 0 aliphatic carbocycles. The minimum absolute atomic E-state index is 0.158.